The predicted molar refractivity (Wildman–Crippen MR) is 97.7 cm³/mol. The van der Waals surface area contributed by atoms with Crippen molar-refractivity contribution in [3.05, 3.63) is 59.7 Å². The molecule has 1 aliphatic heterocycles. The maximum absolute atomic E-state index is 13.6. The van der Waals surface area contributed by atoms with E-state index in [1.807, 2.05) is 0 Å². The number of sulfonamides is 1. The number of amides is 1. The number of nitrogens with zero attached hydrogens (tertiary/aromatic N) is 1. The highest BCUT2D eigenvalue weighted by molar-refractivity contribution is 7.89. The first-order valence-electron chi connectivity index (χ1n) is 8.70. The summed E-state index contributed by atoms with van der Waals surface area (Å²) in [5, 5.41) is 2.32. The largest absolute Gasteiger partial charge is 0.323 e. The third-order valence-electron chi connectivity index (χ3n) is 4.44. The second-order valence-corrected chi connectivity index (χ2v) is 8.40. The van der Waals surface area contributed by atoms with E-state index in [2.05, 4.69) is 5.32 Å². The molecule has 0 saturated carbocycles. The Hall–Kier alpha value is -2.32. The summed E-state index contributed by atoms with van der Waals surface area (Å²) >= 11 is 0. The third-order valence-corrected chi connectivity index (χ3v) is 6.36. The number of piperidine rings is 1. The molecule has 0 spiro atoms. The summed E-state index contributed by atoms with van der Waals surface area (Å²) in [7, 11) is -3.52. The first kappa shape index (κ1) is 19.4. The van der Waals surface area contributed by atoms with Crippen molar-refractivity contribution in [2.75, 3.05) is 18.4 Å². The van der Waals surface area contributed by atoms with Crippen molar-refractivity contribution in [3.63, 3.8) is 0 Å². The topological polar surface area (TPSA) is 66.5 Å². The Labute approximate surface area is 157 Å². The van der Waals surface area contributed by atoms with Gasteiger partial charge < -0.3 is 5.32 Å². The van der Waals surface area contributed by atoms with E-state index in [9.17, 15) is 22.0 Å². The van der Waals surface area contributed by atoms with Gasteiger partial charge in [0, 0.05) is 19.2 Å². The highest BCUT2D eigenvalue weighted by Gasteiger charge is 2.25. The zero-order valence-electron chi connectivity index (χ0n) is 14.6. The molecular formula is C19H20F2N2O3S. The number of hydrogen-bond acceptors (Lipinski definition) is 3. The minimum absolute atomic E-state index is 0.0833. The summed E-state index contributed by atoms with van der Waals surface area (Å²) in [6, 6.07) is 8.85. The molecule has 144 valence electrons. The van der Waals surface area contributed by atoms with Crippen LogP contribution in [0.25, 0.3) is 0 Å². The van der Waals surface area contributed by atoms with Crippen LogP contribution in [-0.2, 0) is 21.2 Å². The molecule has 2 aromatic carbocycles. The maximum atomic E-state index is 13.6. The Kier molecular flexibility index (Phi) is 5.86. The molecule has 0 aliphatic carbocycles. The van der Waals surface area contributed by atoms with Crippen molar-refractivity contribution < 1.29 is 22.0 Å². The summed E-state index contributed by atoms with van der Waals surface area (Å²) in [5.74, 6) is -1.90. The molecule has 1 heterocycles. The fraction of sp³-hybridized carbons (Fsp3) is 0.316. The van der Waals surface area contributed by atoms with E-state index in [0.717, 1.165) is 37.5 Å². The molecule has 1 aliphatic rings. The third kappa shape index (κ3) is 4.70. The second kappa shape index (κ2) is 8.14. The molecule has 0 radical (unpaired) electrons. The normalized spacial score (nSPS) is 15.5. The van der Waals surface area contributed by atoms with Gasteiger partial charge in [-0.3, -0.25) is 4.79 Å². The molecule has 5 nitrogen and oxygen atoms in total. The van der Waals surface area contributed by atoms with E-state index < -0.39 is 27.6 Å². The van der Waals surface area contributed by atoms with Crippen molar-refractivity contribution in [2.24, 2.45) is 0 Å². The molecule has 27 heavy (non-hydrogen) atoms. The van der Waals surface area contributed by atoms with E-state index in [-0.39, 0.29) is 17.0 Å². The molecule has 0 aromatic heterocycles. The minimum Gasteiger partial charge on any atom is -0.323 e. The Morgan fingerprint density at radius 2 is 1.67 bits per heavy atom. The summed E-state index contributed by atoms with van der Waals surface area (Å²) in [5.41, 5.74) is 0.339. The summed E-state index contributed by atoms with van der Waals surface area (Å²) < 4.78 is 53.4. The van der Waals surface area contributed by atoms with Crippen LogP contribution in [0.4, 0.5) is 14.5 Å². The van der Waals surface area contributed by atoms with Gasteiger partial charge in [0.1, 0.15) is 11.6 Å². The zero-order valence-corrected chi connectivity index (χ0v) is 15.4. The van der Waals surface area contributed by atoms with Crippen LogP contribution in [0.2, 0.25) is 0 Å². The van der Waals surface area contributed by atoms with Gasteiger partial charge in [-0.05, 0) is 42.7 Å². The van der Waals surface area contributed by atoms with Gasteiger partial charge in [0.15, 0.2) is 0 Å². The van der Waals surface area contributed by atoms with Gasteiger partial charge in [-0.15, -0.1) is 0 Å². The molecule has 0 atom stereocenters. The monoisotopic (exact) mass is 394 g/mol. The van der Waals surface area contributed by atoms with Crippen molar-refractivity contribution in [3.8, 4) is 0 Å². The van der Waals surface area contributed by atoms with Gasteiger partial charge >= 0.3 is 0 Å². The SMILES string of the molecule is O=C(Cc1ccc(S(=O)(=O)N2CCCCC2)cc1)Nc1cc(F)ccc1F. The van der Waals surface area contributed by atoms with Crippen molar-refractivity contribution in [1.29, 1.82) is 0 Å². The average Bonchev–Trinajstić information content (AvgIpc) is 2.66. The summed E-state index contributed by atoms with van der Waals surface area (Å²) in [4.78, 5) is 12.2. The van der Waals surface area contributed by atoms with Gasteiger partial charge in [0.2, 0.25) is 15.9 Å². The smallest absolute Gasteiger partial charge is 0.243 e. The number of carbonyl (C=O) groups is 1. The molecule has 0 unspecified atom stereocenters. The van der Waals surface area contributed by atoms with Crippen LogP contribution in [0, 0.1) is 11.6 Å². The predicted octanol–water partition coefficient (Wildman–Crippen LogP) is 3.32. The Bertz CT molecular complexity index is 924. The van der Waals surface area contributed by atoms with Crippen molar-refractivity contribution in [1.82, 2.24) is 4.31 Å². The lowest BCUT2D eigenvalue weighted by atomic mass is 10.1. The fourth-order valence-corrected chi connectivity index (χ4v) is 4.52. The van der Waals surface area contributed by atoms with Gasteiger partial charge in [-0.1, -0.05) is 18.6 Å². The number of benzene rings is 2. The minimum atomic E-state index is -3.52. The lowest BCUT2D eigenvalue weighted by Crippen LogP contribution is -2.35. The number of hydrogen-bond donors (Lipinski definition) is 1. The number of halogens is 2. The second-order valence-electron chi connectivity index (χ2n) is 6.46. The van der Waals surface area contributed by atoms with Crippen molar-refractivity contribution in [2.45, 2.75) is 30.6 Å². The van der Waals surface area contributed by atoms with E-state index in [0.29, 0.717) is 18.7 Å². The van der Waals surface area contributed by atoms with E-state index in [4.69, 9.17) is 0 Å². The van der Waals surface area contributed by atoms with Gasteiger partial charge in [0.05, 0.1) is 17.0 Å². The average molecular weight is 394 g/mol. The number of carbonyl (C=O) groups excluding carboxylic acids is 1. The molecule has 1 saturated heterocycles. The first-order chi connectivity index (χ1) is 12.9. The lowest BCUT2D eigenvalue weighted by molar-refractivity contribution is -0.115. The van der Waals surface area contributed by atoms with Gasteiger partial charge in [0.25, 0.3) is 0 Å². The van der Waals surface area contributed by atoms with Crippen LogP contribution in [0.5, 0.6) is 0 Å². The van der Waals surface area contributed by atoms with E-state index in [1.165, 1.54) is 16.4 Å². The van der Waals surface area contributed by atoms with Crippen LogP contribution in [0.3, 0.4) is 0 Å². The number of anilines is 1. The maximum Gasteiger partial charge on any atom is 0.243 e. The Balaban J connectivity index is 1.66. The molecule has 1 amide bonds. The number of nitrogens with one attached hydrogen (secondary N) is 1. The van der Waals surface area contributed by atoms with Gasteiger partial charge in [-0.25, -0.2) is 17.2 Å². The van der Waals surface area contributed by atoms with Crippen molar-refractivity contribution >= 4 is 21.6 Å². The Morgan fingerprint density at radius 3 is 2.33 bits per heavy atom. The number of rotatable bonds is 5. The molecule has 3 rings (SSSR count). The van der Waals surface area contributed by atoms with Crippen LogP contribution in [-0.4, -0.2) is 31.7 Å². The Morgan fingerprint density at radius 1 is 1.00 bits per heavy atom. The molecule has 1 N–H and O–H groups in total. The molecular weight excluding hydrogens is 374 g/mol. The standard InChI is InChI=1S/C19H20F2N2O3S/c20-15-6-9-17(21)18(13-15)22-19(24)12-14-4-7-16(8-5-14)27(25,26)23-10-2-1-3-11-23/h4-9,13H,1-3,10-12H2,(H,22,24). The molecule has 0 bridgehead atoms. The summed E-state index contributed by atoms with van der Waals surface area (Å²) in [6.07, 6.45) is 2.66. The summed E-state index contributed by atoms with van der Waals surface area (Å²) in [6.45, 7) is 1.04. The highest BCUT2D eigenvalue weighted by atomic mass is 32.2. The first-order valence-corrected chi connectivity index (χ1v) is 10.1. The van der Waals surface area contributed by atoms with Crippen LogP contribution in [0.1, 0.15) is 24.8 Å². The van der Waals surface area contributed by atoms with Gasteiger partial charge in [-0.2, -0.15) is 4.31 Å². The van der Waals surface area contributed by atoms with E-state index >= 15 is 0 Å². The molecule has 2 aromatic rings. The zero-order chi connectivity index (χ0) is 19.4. The quantitative estimate of drug-likeness (QED) is 0.846. The van der Waals surface area contributed by atoms with E-state index in [1.54, 1.807) is 12.1 Å². The molecule has 8 heteroatoms. The highest BCUT2D eigenvalue weighted by Crippen LogP contribution is 2.21. The molecule has 1 fully saturated rings. The van der Waals surface area contributed by atoms with Crippen LogP contribution in [0.15, 0.2) is 47.4 Å². The fourth-order valence-electron chi connectivity index (χ4n) is 3.01. The van der Waals surface area contributed by atoms with Crippen LogP contribution < -0.4 is 5.32 Å². The van der Waals surface area contributed by atoms with Crippen LogP contribution >= 0.6 is 0 Å². The lowest BCUT2D eigenvalue weighted by Gasteiger charge is -2.25.